The minimum Gasteiger partial charge on any atom is -0.324 e. The van der Waals surface area contributed by atoms with Gasteiger partial charge in [0.2, 0.25) is 5.91 Å². The summed E-state index contributed by atoms with van der Waals surface area (Å²) in [6.45, 7) is 3.58. The van der Waals surface area contributed by atoms with Crippen molar-refractivity contribution in [3.63, 3.8) is 0 Å². The SMILES string of the molecule is Cc1nn(CCCC(=O)Nc2ccccc2F)c(C)c1[N+](=O)[O-]. The van der Waals surface area contributed by atoms with Crippen LogP contribution in [0.1, 0.15) is 24.2 Å². The number of aromatic nitrogens is 2. The predicted octanol–water partition coefficient (Wildman–Crippen LogP) is 2.97. The highest BCUT2D eigenvalue weighted by atomic mass is 19.1. The van der Waals surface area contributed by atoms with Gasteiger partial charge in [-0.15, -0.1) is 0 Å². The Hall–Kier alpha value is -2.77. The number of para-hydroxylation sites is 1. The van der Waals surface area contributed by atoms with Crippen molar-refractivity contribution in [2.45, 2.75) is 33.2 Å². The van der Waals surface area contributed by atoms with Gasteiger partial charge in [-0.2, -0.15) is 5.10 Å². The monoisotopic (exact) mass is 320 g/mol. The summed E-state index contributed by atoms with van der Waals surface area (Å²) in [6, 6.07) is 5.93. The fourth-order valence-electron chi connectivity index (χ4n) is 2.33. The number of carbonyl (C=O) groups excluding carboxylic acids is 1. The Morgan fingerprint density at radius 2 is 2.09 bits per heavy atom. The molecule has 0 unspecified atom stereocenters. The normalized spacial score (nSPS) is 10.6. The van der Waals surface area contributed by atoms with Gasteiger partial charge in [-0.1, -0.05) is 12.1 Å². The standard InChI is InChI=1S/C15H17FN4O3/c1-10-15(20(22)23)11(2)19(18-10)9-5-8-14(21)17-13-7-4-3-6-12(13)16/h3-4,6-7H,5,8-9H2,1-2H3,(H,17,21). The van der Waals surface area contributed by atoms with Gasteiger partial charge in [0.25, 0.3) is 0 Å². The number of hydrogen-bond donors (Lipinski definition) is 1. The average molecular weight is 320 g/mol. The van der Waals surface area contributed by atoms with E-state index in [4.69, 9.17) is 0 Å². The molecule has 1 amide bonds. The van der Waals surface area contributed by atoms with Crippen LogP contribution in [0, 0.1) is 29.8 Å². The van der Waals surface area contributed by atoms with Crippen molar-refractivity contribution < 1.29 is 14.1 Å². The topological polar surface area (TPSA) is 90.1 Å². The van der Waals surface area contributed by atoms with Gasteiger partial charge >= 0.3 is 5.69 Å². The summed E-state index contributed by atoms with van der Waals surface area (Å²) >= 11 is 0. The van der Waals surface area contributed by atoms with Crippen LogP contribution >= 0.6 is 0 Å². The van der Waals surface area contributed by atoms with Crippen LogP contribution in [0.5, 0.6) is 0 Å². The molecule has 0 aliphatic heterocycles. The zero-order valence-corrected chi connectivity index (χ0v) is 12.9. The van der Waals surface area contributed by atoms with E-state index in [1.165, 1.54) is 16.8 Å². The van der Waals surface area contributed by atoms with E-state index in [2.05, 4.69) is 10.4 Å². The van der Waals surface area contributed by atoms with Crippen LogP contribution in [-0.4, -0.2) is 20.6 Å². The van der Waals surface area contributed by atoms with E-state index >= 15 is 0 Å². The van der Waals surface area contributed by atoms with Gasteiger partial charge in [0.1, 0.15) is 17.2 Å². The smallest absolute Gasteiger partial charge is 0.312 e. The maximum Gasteiger partial charge on any atom is 0.312 e. The molecule has 1 aromatic carbocycles. The van der Waals surface area contributed by atoms with Gasteiger partial charge < -0.3 is 5.32 Å². The number of hydrogen-bond acceptors (Lipinski definition) is 4. The molecule has 0 spiro atoms. The third-order valence-corrected chi connectivity index (χ3v) is 3.45. The van der Waals surface area contributed by atoms with E-state index < -0.39 is 10.7 Å². The first-order valence-electron chi connectivity index (χ1n) is 7.13. The molecule has 8 heteroatoms. The molecule has 1 heterocycles. The maximum atomic E-state index is 13.4. The Kier molecular flexibility index (Phi) is 5.05. The number of benzene rings is 1. The number of anilines is 1. The van der Waals surface area contributed by atoms with Gasteiger partial charge in [-0.05, 0) is 32.4 Å². The Morgan fingerprint density at radius 1 is 1.39 bits per heavy atom. The van der Waals surface area contributed by atoms with Gasteiger partial charge in [0.15, 0.2) is 0 Å². The van der Waals surface area contributed by atoms with Gasteiger partial charge in [0.05, 0.1) is 10.6 Å². The molecule has 0 radical (unpaired) electrons. The Balaban J connectivity index is 1.90. The lowest BCUT2D eigenvalue weighted by Crippen LogP contribution is -2.14. The molecule has 1 aromatic heterocycles. The summed E-state index contributed by atoms with van der Waals surface area (Å²) in [6.07, 6.45) is 0.611. The van der Waals surface area contributed by atoms with E-state index in [0.717, 1.165) is 0 Å². The molecule has 122 valence electrons. The molecule has 2 rings (SSSR count). The third kappa shape index (κ3) is 3.91. The summed E-state index contributed by atoms with van der Waals surface area (Å²) in [5.41, 5.74) is 0.949. The summed E-state index contributed by atoms with van der Waals surface area (Å²) in [4.78, 5) is 22.3. The first-order valence-corrected chi connectivity index (χ1v) is 7.13. The molecule has 0 bridgehead atoms. The van der Waals surface area contributed by atoms with Gasteiger partial charge in [0, 0.05) is 13.0 Å². The number of carbonyl (C=O) groups is 1. The molecule has 0 atom stereocenters. The minimum atomic E-state index is -0.491. The summed E-state index contributed by atoms with van der Waals surface area (Å²) in [5, 5.41) is 17.5. The lowest BCUT2D eigenvalue weighted by molar-refractivity contribution is -0.386. The van der Waals surface area contributed by atoms with Gasteiger partial charge in [-0.3, -0.25) is 19.6 Å². The maximum absolute atomic E-state index is 13.4. The number of halogens is 1. The predicted molar refractivity (Wildman–Crippen MR) is 82.6 cm³/mol. The molecule has 0 aliphatic rings. The van der Waals surface area contributed by atoms with Crippen LogP contribution in [0.15, 0.2) is 24.3 Å². The number of nitrogens with one attached hydrogen (secondary N) is 1. The van der Waals surface area contributed by atoms with Crippen LogP contribution in [0.4, 0.5) is 15.8 Å². The second-order valence-corrected chi connectivity index (χ2v) is 5.13. The fourth-order valence-corrected chi connectivity index (χ4v) is 2.33. The molecule has 0 saturated heterocycles. The lowest BCUT2D eigenvalue weighted by atomic mass is 10.2. The van der Waals surface area contributed by atoms with E-state index in [0.29, 0.717) is 24.4 Å². The number of nitrogens with zero attached hydrogens (tertiary/aromatic N) is 3. The van der Waals surface area contributed by atoms with Crippen LogP contribution in [-0.2, 0) is 11.3 Å². The largest absolute Gasteiger partial charge is 0.324 e. The number of aryl methyl sites for hydroxylation is 2. The van der Waals surface area contributed by atoms with Crippen LogP contribution < -0.4 is 5.32 Å². The Labute approximate surface area is 132 Å². The highest BCUT2D eigenvalue weighted by Crippen LogP contribution is 2.22. The Bertz CT molecular complexity index is 742. The van der Waals surface area contributed by atoms with E-state index in [-0.39, 0.29) is 23.7 Å². The lowest BCUT2D eigenvalue weighted by Gasteiger charge is -2.07. The molecular formula is C15H17FN4O3. The van der Waals surface area contributed by atoms with Crippen molar-refractivity contribution in [2.24, 2.45) is 0 Å². The first kappa shape index (κ1) is 16.6. The van der Waals surface area contributed by atoms with Crippen molar-refractivity contribution in [1.29, 1.82) is 0 Å². The van der Waals surface area contributed by atoms with E-state index in [9.17, 15) is 19.3 Å². The second-order valence-electron chi connectivity index (χ2n) is 5.13. The second kappa shape index (κ2) is 6.99. The van der Waals surface area contributed by atoms with Crippen molar-refractivity contribution in [2.75, 3.05) is 5.32 Å². The van der Waals surface area contributed by atoms with E-state index in [1.807, 2.05) is 0 Å². The molecule has 0 aliphatic carbocycles. The third-order valence-electron chi connectivity index (χ3n) is 3.45. The molecule has 23 heavy (non-hydrogen) atoms. The number of rotatable bonds is 6. The zero-order valence-electron chi connectivity index (χ0n) is 12.9. The molecule has 2 aromatic rings. The quantitative estimate of drug-likeness (QED) is 0.654. The average Bonchev–Trinajstić information content (AvgIpc) is 2.76. The first-order chi connectivity index (χ1) is 10.9. The van der Waals surface area contributed by atoms with Crippen LogP contribution in [0.3, 0.4) is 0 Å². The zero-order chi connectivity index (χ0) is 17.0. The van der Waals surface area contributed by atoms with Gasteiger partial charge in [-0.25, -0.2) is 4.39 Å². The number of amides is 1. The van der Waals surface area contributed by atoms with E-state index in [1.54, 1.807) is 26.0 Å². The fraction of sp³-hybridized carbons (Fsp3) is 0.333. The van der Waals surface area contributed by atoms with Crippen LogP contribution in [0.25, 0.3) is 0 Å². The Morgan fingerprint density at radius 3 is 2.70 bits per heavy atom. The number of nitro groups is 1. The molecular weight excluding hydrogens is 303 g/mol. The van der Waals surface area contributed by atoms with Crippen molar-refractivity contribution in [1.82, 2.24) is 9.78 Å². The van der Waals surface area contributed by atoms with Crippen molar-refractivity contribution >= 4 is 17.3 Å². The van der Waals surface area contributed by atoms with Crippen molar-refractivity contribution in [3.05, 3.63) is 51.6 Å². The minimum absolute atomic E-state index is 0.000748. The molecule has 1 N–H and O–H groups in total. The molecule has 0 saturated carbocycles. The van der Waals surface area contributed by atoms with Crippen molar-refractivity contribution in [3.8, 4) is 0 Å². The van der Waals surface area contributed by atoms with Crippen LogP contribution in [0.2, 0.25) is 0 Å². The summed E-state index contributed by atoms with van der Waals surface area (Å²) < 4.78 is 14.9. The summed E-state index contributed by atoms with van der Waals surface area (Å²) in [7, 11) is 0. The summed E-state index contributed by atoms with van der Waals surface area (Å²) in [5.74, 6) is -0.804. The highest BCUT2D eigenvalue weighted by molar-refractivity contribution is 5.90. The molecule has 0 fully saturated rings. The molecule has 7 nitrogen and oxygen atoms in total. The highest BCUT2D eigenvalue weighted by Gasteiger charge is 2.21.